The number of anilines is 1. The molecule has 1 atom stereocenters. The maximum Gasteiger partial charge on any atom is 0.242 e. The zero-order valence-electron chi connectivity index (χ0n) is 11.1. The van der Waals surface area contributed by atoms with Gasteiger partial charge in [-0.05, 0) is 30.9 Å². The smallest absolute Gasteiger partial charge is 0.242 e. The molecule has 0 aromatic heterocycles. The fourth-order valence-corrected chi connectivity index (χ4v) is 3.51. The van der Waals surface area contributed by atoms with Gasteiger partial charge in [0, 0.05) is 20.2 Å². The van der Waals surface area contributed by atoms with E-state index in [4.69, 9.17) is 4.74 Å². The van der Waals surface area contributed by atoms with Gasteiger partial charge in [-0.15, -0.1) is 0 Å². The normalized spacial score (nSPS) is 20.2. The zero-order chi connectivity index (χ0) is 13.7. The first kappa shape index (κ1) is 14.3. The topological polar surface area (TPSA) is 67.4 Å². The number of hydrogen-bond acceptors (Lipinski definition) is 4. The summed E-state index contributed by atoms with van der Waals surface area (Å²) in [6, 6.07) is 6.88. The average Bonchev–Trinajstić information content (AvgIpc) is 2.46. The lowest BCUT2D eigenvalue weighted by Crippen LogP contribution is -2.33. The Balaban J connectivity index is 2.05. The van der Waals surface area contributed by atoms with Crippen LogP contribution in [-0.2, 0) is 14.8 Å². The fourth-order valence-electron chi connectivity index (χ4n) is 2.18. The standard InChI is InChI=1S/C13H20N2O3S/c1-14-12-6-2-3-7-13(12)19(16,17)15-9-11-5-4-8-18-10-11/h2-3,6-7,11,14-15H,4-5,8-10H2,1H3. The Hall–Kier alpha value is -1.11. The monoisotopic (exact) mass is 284 g/mol. The summed E-state index contributed by atoms with van der Waals surface area (Å²) >= 11 is 0. The largest absolute Gasteiger partial charge is 0.387 e. The quantitative estimate of drug-likeness (QED) is 0.858. The Morgan fingerprint density at radius 3 is 2.84 bits per heavy atom. The Kier molecular flexibility index (Phi) is 4.79. The van der Waals surface area contributed by atoms with E-state index in [9.17, 15) is 8.42 Å². The summed E-state index contributed by atoms with van der Waals surface area (Å²) < 4.78 is 32.5. The van der Waals surface area contributed by atoms with Crippen LogP contribution >= 0.6 is 0 Å². The van der Waals surface area contributed by atoms with E-state index in [1.807, 2.05) is 0 Å². The van der Waals surface area contributed by atoms with Crippen LogP contribution in [0.15, 0.2) is 29.2 Å². The van der Waals surface area contributed by atoms with Gasteiger partial charge < -0.3 is 10.1 Å². The van der Waals surface area contributed by atoms with Crippen molar-refractivity contribution in [1.29, 1.82) is 0 Å². The molecule has 1 aromatic rings. The van der Waals surface area contributed by atoms with Crippen molar-refractivity contribution in [3.8, 4) is 0 Å². The molecule has 1 heterocycles. The average molecular weight is 284 g/mol. The molecule has 2 N–H and O–H groups in total. The van der Waals surface area contributed by atoms with Gasteiger partial charge in [0.1, 0.15) is 4.90 Å². The van der Waals surface area contributed by atoms with Gasteiger partial charge in [0.25, 0.3) is 0 Å². The molecule has 1 fully saturated rings. The molecule has 106 valence electrons. The highest BCUT2D eigenvalue weighted by Gasteiger charge is 2.20. The van der Waals surface area contributed by atoms with Gasteiger partial charge >= 0.3 is 0 Å². The number of nitrogens with one attached hydrogen (secondary N) is 2. The van der Waals surface area contributed by atoms with E-state index in [-0.39, 0.29) is 10.8 Å². The molecular weight excluding hydrogens is 264 g/mol. The van der Waals surface area contributed by atoms with Crippen LogP contribution in [0.2, 0.25) is 0 Å². The first-order chi connectivity index (χ1) is 9.13. The molecule has 1 aliphatic rings. The first-order valence-electron chi connectivity index (χ1n) is 6.47. The second kappa shape index (κ2) is 6.36. The van der Waals surface area contributed by atoms with Crippen LogP contribution in [0, 0.1) is 5.92 Å². The fraction of sp³-hybridized carbons (Fsp3) is 0.538. The minimum Gasteiger partial charge on any atom is -0.387 e. The first-order valence-corrected chi connectivity index (χ1v) is 7.96. The minimum absolute atomic E-state index is 0.269. The summed E-state index contributed by atoms with van der Waals surface area (Å²) in [4.78, 5) is 0.286. The maximum atomic E-state index is 12.3. The number of ether oxygens (including phenoxy) is 1. The molecule has 1 saturated heterocycles. The summed E-state index contributed by atoms with van der Waals surface area (Å²) in [6.07, 6.45) is 2.01. The van der Waals surface area contributed by atoms with Crippen molar-refractivity contribution >= 4 is 15.7 Å². The zero-order valence-corrected chi connectivity index (χ0v) is 11.9. The molecule has 5 nitrogen and oxygen atoms in total. The lowest BCUT2D eigenvalue weighted by molar-refractivity contribution is 0.0568. The van der Waals surface area contributed by atoms with E-state index >= 15 is 0 Å². The second-order valence-electron chi connectivity index (χ2n) is 4.68. The van der Waals surface area contributed by atoms with Gasteiger partial charge in [0.05, 0.1) is 12.3 Å². The SMILES string of the molecule is CNc1ccccc1S(=O)(=O)NCC1CCCOC1. The highest BCUT2D eigenvalue weighted by molar-refractivity contribution is 7.89. The predicted octanol–water partition coefficient (Wildman–Crippen LogP) is 1.43. The Labute approximate surface area is 114 Å². The lowest BCUT2D eigenvalue weighted by Gasteiger charge is -2.22. The van der Waals surface area contributed by atoms with E-state index in [0.717, 1.165) is 19.4 Å². The van der Waals surface area contributed by atoms with Crippen molar-refractivity contribution in [1.82, 2.24) is 4.72 Å². The molecule has 0 amide bonds. The molecule has 0 bridgehead atoms. The van der Waals surface area contributed by atoms with Crippen LogP contribution in [0.25, 0.3) is 0 Å². The molecule has 0 spiro atoms. The van der Waals surface area contributed by atoms with Gasteiger partial charge in [-0.1, -0.05) is 12.1 Å². The Morgan fingerprint density at radius 1 is 1.37 bits per heavy atom. The molecule has 1 aromatic carbocycles. The van der Waals surface area contributed by atoms with Crippen LogP contribution in [0.1, 0.15) is 12.8 Å². The summed E-state index contributed by atoms with van der Waals surface area (Å²) in [5, 5.41) is 2.90. The molecule has 0 aliphatic carbocycles. The highest BCUT2D eigenvalue weighted by Crippen LogP contribution is 2.20. The molecule has 6 heteroatoms. The number of benzene rings is 1. The molecule has 2 rings (SSSR count). The van der Waals surface area contributed by atoms with Gasteiger partial charge in [0.2, 0.25) is 10.0 Å². The van der Waals surface area contributed by atoms with Crippen LogP contribution in [0.4, 0.5) is 5.69 Å². The van der Waals surface area contributed by atoms with E-state index in [0.29, 0.717) is 18.8 Å². The summed E-state index contributed by atoms with van der Waals surface area (Å²) in [7, 11) is -1.76. The number of rotatable bonds is 5. The van der Waals surface area contributed by atoms with Gasteiger partial charge in [-0.3, -0.25) is 0 Å². The number of hydrogen-bond donors (Lipinski definition) is 2. The second-order valence-corrected chi connectivity index (χ2v) is 6.42. The Morgan fingerprint density at radius 2 is 2.16 bits per heavy atom. The van der Waals surface area contributed by atoms with Gasteiger partial charge in [0.15, 0.2) is 0 Å². The molecule has 0 saturated carbocycles. The summed E-state index contributed by atoms with van der Waals surface area (Å²) in [5.41, 5.74) is 0.606. The number of sulfonamides is 1. The van der Waals surface area contributed by atoms with Crippen molar-refractivity contribution < 1.29 is 13.2 Å². The van der Waals surface area contributed by atoms with Gasteiger partial charge in [-0.2, -0.15) is 0 Å². The van der Waals surface area contributed by atoms with Crippen LogP contribution in [0.5, 0.6) is 0 Å². The van der Waals surface area contributed by atoms with Crippen LogP contribution < -0.4 is 10.0 Å². The van der Waals surface area contributed by atoms with Crippen molar-refractivity contribution in [2.45, 2.75) is 17.7 Å². The lowest BCUT2D eigenvalue weighted by atomic mass is 10.0. The third-order valence-corrected chi connectivity index (χ3v) is 4.74. The van der Waals surface area contributed by atoms with E-state index in [2.05, 4.69) is 10.0 Å². The third-order valence-electron chi connectivity index (χ3n) is 3.26. The van der Waals surface area contributed by atoms with E-state index < -0.39 is 10.0 Å². The van der Waals surface area contributed by atoms with E-state index in [1.165, 1.54) is 0 Å². The van der Waals surface area contributed by atoms with Crippen molar-refractivity contribution in [2.75, 3.05) is 32.1 Å². The summed E-state index contributed by atoms with van der Waals surface area (Å²) in [6.45, 7) is 1.85. The molecule has 1 unspecified atom stereocenters. The van der Waals surface area contributed by atoms with Crippen molar-refractivity contribution in [3.63, 3.8) is 0 Å². The summed E-state index contributed by atoms with van der Waals surface area (Å²) in [5.74, 6) is 0.269. The molecule has 0 radical (unpaired) electrons. The molecule has 1 aliphatic heterocycles. The predicted molar refractivity (Wildman–Crippen MR) is 74.7 cm³/mol. The van der Waals surface area contributed by atoms with Crippen LogP contribution in [-0.4, -0.2) is 35.2 Å². The maximum absolute atomic E-state index is 12.3. The van der Waals surface area contributed by atoms with Gasteiger partial charge in [-0.25, -0.2) is 13.1 Å². The van der Waals surface area contributed by atoms with Crippen molar-refractivity contribution in [3.05, 3.63) is 24.3 Å². The highest BCUT2D eigenvalue weighted by atomic mass is 32.2. The van der Waals surface area contributed by atoms with E-state index in [1.54, 1.807) is 31.3 Å². The van der Waals surface area contributed by atoms with Crippen molar-refractivity contribution in [2.24, 2.45) is 5.92 Å². The third kappa shape index (κ3) is 3.68. The molecule has 19 heavy (non-hydrogen) atoms. The molecular formula is C13H20N2O3S. The minimum atomic E-state index is -3.47. The number of para-hydroxylation sites is 1. The Bertz CT molecular complexity index is 510. The van der Waals surface area contributed by atoms with Crippen LogP contribution in [0.3, 0.4) is 0 Å².